The standard InChI is InChI=1S/C13H23N/c1-3-4-5-8-12-9-6-7-10-13(12)11-14-2/h1,12-14H,4-11H2,2H3. The minimum Gasteiger partial charge on any atom is -0.319 e. The summed E-state index contributed by atoms with van der Waals surface area (Å²) in [5.41, 5.74) is 0. The van der Waals surface area contributed by atoms with Gasteiger partial charge >= 0.3 is 0 Å². The molecular weight excluding hydrogens is 170 g/mol. The maximum Gasteiger partial charge on any atom is 0.00861 e. The van der Waals surface area contributed by atoms with Crippen molar-refractivity contribution in [1.29, 1.82) is 0 Å². The third-order valence-electron chi connectivity index (χ3n) is 3.43. The highest BCUT2D eigenvalue weighted by Crippen LogP contribution is 2.32. The molecule has 1 rings (SSSR count). The third-order valence-corrected chi connectivity index (χ3v) is 3.43. The molecule has 0 aromatic rings. The first kappa shape index (κ1) is 11.6. The molecule has 0 amide bonds. The summed E-state index contributed by atoms with van der Waals surface area (Å²) in [5.74, 6) is 4.58. The Morgan fingerprint density at radius 3 is 2.64 bits per heavy atom. The van der Waals surface area contributed by atoms with Gasteiger partial charge in [0.25, 0.3) is 0 Å². The summed E-state index contributed by atoms with van der Waals surface area (Å²) in [6.07, 6.45) is 14.5. The summed E-state index contributed by atoms with van der Waals surface area (Å²) in [6.45, 7) is 1.20. The van der Waals surface area contributed by atoms with Gasteiger partial charge in [0, 0.05) is 6.42 Å². The van der Waals surface area contributed by atoms with Crippen LogP contribution in [0.15, 0.2) is 0 Å². The monoisotopic (exact) mass is 193 g/mol. The SMILES string of the molecule is C#CCCCC1CCCCC1CNC. The summed E-state index contributed by atoms with van der Waals surface area (Å²) in [6, 6.07) is 0. The number of nitrogens with one attached hydrogen (secondary N) is 1. The maximum atomic E-state index is 5.28. The van der Waals surface area contributed by atoms with Gasteiger partial charge in [-0.25, -0.2) is 0 Å². The van der Waals surface area contributed by atoms with Crippen molar-refractivity contribution < 1.29 is 0 Å². The van der Waals surface area contributed by atoms with Crippen LogP contribution in [0.1, 0.15) is 44.9 Å². The molecule has 0 aromatic heterocycles. The average Bonchev–Trinajstić information content (AvgIpc) is 2.21. The number of rotatable bonds is 5. The summed E-state index contributed by atoms with van der Waals surface area (Å²) >= 11 is 0. The van der Waals surface area contributed by atoms with Crippen LogP contribution in [-0.4, -0.2) is 13.6 Å². The Labute approximate surface area is 88.7 Å². The van der Waals surface area contributed by atoms with Gasteiger partial charge < -0.3 is 5.32 Å². The van der Waals surface area contributed by atoms with Crippen LogP contribution >= 0.6 is 0 Å². The lowest BCUT2D eigenvalue weighted by Gasteiger charge is -2.31. The second-order valence-corrected chi connectivity index (χ2v) is 4.46. The van der Waals surface area contributed by atoms with Crippen LogP contribution in [0.5, 0.6) is 0 Å². The largest absolute Gasteiger partial charge is 0.319 e. The highest BCUT2D eigenvalue weighted by molar-refractivity contribution is 4.84. The predicted molar refractivity (Wildman–Crippen MR) is 62.1 cm³/mol. The van der Waals surface area contributed by atoms with Gasteiger partial charge in [-0.15, -0.1) is 12.3 Å². The molecule has 14 heavy (non-hydrogen) atoms. The van der Waals surface area contributed by atoms with E-state index in [-0.39, 0.29) is 0 Å². The molecule has 1 saturated carbocycles. The van der Waals surface area contributed by atoms with Crippen LogP contribution in [0.25, 0.3) is 0 Å². The first-order valence-corrected chi connectivity index (χ1v) is 5.96. The van der Waals surface area contributed by atoms with Crippen molar-refractivity contribution in [2.45, 2.75) is 44.9 Å². The molecule has 0 bridgehead atoms. The Morgan fingerprint density at radius 1 is 1.29 bits per heavy atom. The number of unbranched alkanes of at least 4 members (excludes halogenated alkanes) is 1. The summed E-state index contributed by atoms with van der Waals surface area (Å²) in [7, 11) is 2.06. The van der Waals surface area contributed by atoms with Gasteiger partial charge in [0.05, 0.1) is 0 Å². The van der Waals surface area contributed by atoms with Crippen molar-refractivity contribution in [2.24, 2.45) is 11.8 Å². The molecule has 0 aliphatic heterocycles. The van der Waals surface area contributed by atoms with Crippen LogP contribution in [0, 0.1) is 24.2 Å². The summed E-state index contributed by atoms with van der Waals surface area (Å²) in [4.78, 5) is 0. The van der Waals surface area contributed by atoms with Crippen molar-refractivity contribution in [3.8, 4) is 12.3 Å². The highest BCUT2D eigenvalue weighted by Gasteiger charge is 2.23. The molecular formula is C13H23N. The zero-order valence-corrected chi connectivity index (χ0v) is 9.39. The molecule has 1 aliphatic rings. The Kier molecular flexibility index (Phi) is 5.71. The first-order valence-electron chi connectivity index (χ1n) is 5.96. The fourth-order valence-electron chi connectivity index (χ4n) is 2.66. The Morgan fingerprint density at radius 2 is 2.00 bits per heavy atom. The molecule has 1 aliphatic carbocycles. The van der Waals surface area contributed by atoms with Gasteiger partial charge in [-0.1, -0.05) is 19.3 Å². The van der Waals surface area contributed by atoms with Crippen LogP contribution in [-0.2, 0) is 0 Å². The zero-order chi connectivity index (χ0) is 10.2. The first-order chi connectivity index (χ1) is 6.88. The minimum absolute atomic E-state index is 0.909. The van der Waals surface area contributed by atoms with E-state index in [2.05, 4.69) is 18.3 Å². The van der Waals surface area contributed by atoms with Crippen molar-refractivity contribution in [1.82, 2.24) is 5.32 Å². The third kappa shape index (κ3) is 3.72. The molecule has 0 radical (unpaired) electrons. The molecule has 2 atom stereocenters. The molecule has 1 N–H and O–H groups in total. The van der Waals surface area contributed by atoms with Gasteiger partial charge in [-0.2, -0.15) is 0 Å². The normalized spacial score (nSPS) is 27.1. The molecule has 0 spiro atoms. The van der Waals surface area contributed by atoms with Crippen molar-refractivity contribution in [2.75, 3.05) is 13.6 Å². The smallest absolute Gasteiger partial charge is 0.00861 e. The predicted octanol–water partition coefficient (Wildman–Crippen LogP) is 2.82. The Balaban J connectivity index is 2.27. The topological polar surface area (TPSA) is 12.0 Å². The summed E-state index contributed by atoms with van der Waals surface area (Å²) < 4.78 is 0. The van der Waals surface area contributed by atoms with E-state index in [9.17, 15) is 0 Å². The summed E-state index contributed by atoms with van der Waals surface area (Å²) in [5, 5.41) is 3.32. The maximum absolute atomic E-state index is 5.28. The second-order valence-electron chi connectivity index (χ2n) is 4.46. The van der Waals surface area contributed by atoms with E-state index in [1.807, 2.05) is 0 Å². The molecule has 1 nitrogen and oxygen atoms in total. The molecule has 80 valence electrons. The highest BCUT2D eigenvalue weighted by atomic mass is 14.8. The Bertz CT molecular complexity index is 178. The molecule has 0 saturated heterocycles. The van der Waals surface area contributed by atoms with Gasteiger partial charge in [0.15, 0.2) is 0 Å². The van der Waals surface area contributed by atoms with Crippen LogP contribution < -0.4 is 5.32 Å². The quantitative estimate of drug-likeness (QED) is 0.523. The molecule has 0 heterocycles. The van der Waals surface area contributed by atoms with E-state index in [0.717, 1.165) is 18.3 Å². The van der Waals surface area contributed by atoms with Gasteiger partial charge in [0.1, 0.15) is 0 Å². The van der Waals surface area contributed by atoms with Crippen molar-refractivity contribution in [3.63, 3.8) is 0 Å². The molecule has 1 fully saturated rings. The molecule has 2 unspecified atom stereocenters. The lowest BCUT2D eigenvalue weighted by molar-refractivity contribution is 0.218. The van der Waals surface area contributed by atoms with E-state index >= 15 is 0 Å². The van der Waals surface area contributed by atoms with E-state index in [0.29, 0.717) is 0 Å². The average molecular weight is 193 g/mol. The van der Waals surface area contributed by atoms with E-state index in [4.69, 9.17) is 6.42 Å². The fourth-order valence-corrected chi connectivity index (χ4v) is 2.66. The second kappa shape index (κ2) is 6.90. The van der Waals surface area contributed by atoms with E-state index in [1.165, 1.54) is 45.1 Å². The number of hydrogen-bond acceptors (Lipinski definition) is 1. The molecule has 1 heteroatoms. The van der Waals surface area contributed by atoms with Gasteiger partial charge in [-0.05, 0) is 44.7 Å². The lowest BCUT2D eigenvalue weighted by Crippen LogP contribution is -2.28. The van der Waals surface area contributed by atoms with Crippen LogP contribution in [0.2, 0.25) is 0 Å². The van der Waals surface area contributed by atoms with E-state index < -0.39 is 0 Å². The van der Waals surface area contributed by atoms with Crippen LogP contribution in [0.4, 0.5) is 0 Å². The fraction of sp³-hybridized carbons (Fsp3) is 0.846. The van der Waals surface area contributed by atoms with Gasteiger partial charge in [-0.3, -0.25) is 0 Å². The van der Waals surface area contributed by atoms with Crippen molar-refractivity contribution >= 4 is 0 Å². The Hall–Kier alpha value is -0.480. The van der Waals surface area contributed by atoms with Gasteiger partial charge in [0.2, 0.25) is 0 Å². The number of terminal acetylenes is 1. The van der Waals surface area contributed by atoms with Crippen molar-refractivity contribution in [3.05, 3.63) is 0 Å². The zero-order valence-electron chi connectivity index (χ0n) is 9.39. The molecule has 0 aromatic carbocycles. The number of hydrogen-bond donors (Lipinski definition) is 1. The van der Waals surface area contributed by atoms with E-state index in [1.54, 1.807) is 0 Å². The minimum atomic E-state index is 0.909. The lowest BCUT2D eigenvalue weighted by atomic mass is 9.76. The van der Waals surface area contributed by atoms with Crippen LogP contribution in [0.3, 0.4) is 0 Å².